The molecule has 1 heterocycles. The number of benzene rings is 1. The first-order valence-electron chi connectivity index (χ1n) is 6.23. The van der Waals surface area contributed by atoms with Crippen LogP contribution in [-0.2, 0) is 17.8 Å². The lowest BCUT2D eigenvalue weighted by Gasteiger charge is -2.12. The number of pyridine rings is 1. The summed E-state index contributed by atoms with van der Waals surface area (Å²) in [5.74, 6) is -0.158. The summed E-state index contributed by atoms with van der Waals surface area (Å²) in [5.41, 5.74) is 7.76. The van der Waals surface area contributed by atoms with Crippen LogP contribution in [-0.4, -0.2) is 16.9 Å². The highest BCUT2D eigenvalue weighted by Gasteiger charge is 2.13. The van der Waals surface area contributed by atoms with Gasteiger partial charge in [-0.05, 0) is 24.1 Å². The molecule has 21 heavy (non-hydrogen) atoms. The molecule has 0 saturated heterocycles. The van der Waals surface area contributed by atoms with Gasteiger partial charge in [0.15, 0.2) is 0 Å². The molecule has 2 aromatic rings. The van der Waals surface area contributed by atoms with Crippen molar-refractivity contribution in [2.24, 2.45) is 5.73 Å². The maximum atomic E-state index is 11.9. The van der Waals surface area contributed by atoms with E-state index in [9.17, 15) is 4.79 Å². The Balaban J connectivity index is 0.00000200. The van der Waals surface area contributed by atoms with E-state index >= 15 is 0 Å². The van der Waals surface area contributed by atoms with Crippen molar-refractivity contribution in [1.29, 1.82) is 0 Å². The number of hydrogen-bond donors (Lipinski definition) is 2. The van der Waals surface area contributed by atoms with Crippen LogP contribution in [0, 0.1) is 0 Å². The first-order valence-corrected chi connectivity index (χ1v) is 6.23. The average molecular weight is 328 g/mol. The SMILES string of the molecule is Cl.Cl.N[C@@H](Cc1ccccc1)C(=O)NCc1ccccn1. The molecule has 0 aliphatic carbocycles. The second kappa shape index (κ2) is 10.2. The van der Waals surface area contributed by atoms with Gasteiger partial charge in [0, 0.05) is 6.20 Å². The van der Waals surface area contributed by atoms with Crippen molar-refractivity contribution in [3.05, 3.63) is 66.0 Å². The lowest BCUT2D eigenvalue weighted by atomic mass is 10.1. The Morgan fingerprint density at radius 2 is 1.76 bits per heavy atom. The minimum absolute atomic E-state index is 0. The molecule has 6 heteroatoms. The summed E-state index contributed by atoms with van der Waals surface area (Å²) >= 11 is 0. The van der Waals surface area contributed by atoms with Crippen molar-refractivity contribution in [1.82, 2.24) is 10.3 Å². The third kappa shape index (κ3) is 6.58. The van der Waals surface area contributed by atoms with Gasteiger partial charge in [0.1, 0.15) is 0 Å². The molecule has 0 spiro atoms. The number of carbonyl (C=O) groups is 1. The fourth-order valence-electron chi connectivity index (χ4n) is 1.77. The van der Waals surface area contributed by atoms with Gasteiger partial charge < -0.3 is 11.1 Å². The maximum absolute atomic E-state index is 11.9. The number of hydrogen-bond acceptors (Lipinski definition) is 3. The van der Waals surface area contributed by atoms with E-state index < -0.39 is 6.04 Å². The quantitative estimate of drug-likeness (QED) is 0.883. The number of aromatic nitrogens is 1. The van der Waals surface area contributed by atoms with Crippen molar-refractivity contribution < 1.29 is 4.79 Å². The highest BCUT2D eigenvalue weighted by atomic mass is 35.5. The smallest absolute Gasteiger partial charge is 0.237 e. The molecule has 2 rings (SSSR count). The van der Waals surface area contributed by atoms with Crippen LogP contribution in [0.1, 0.15) is 11.3 Å². The average Bonchev–Trinajstić information content (AvgIpc) is 2.47. The van der Waals surface area contributed by atoms with Crippen LogP contribution in [0.3, 0.4) is 0 Å². The monoisotopic (exact) mass is 327 g/mol. The topological polar surface area (TPSA) is 68.0 Å². The first-order chi connectivity index (χ1) is 9.25. The van der Waals surface area contributed by atoms with Crippen molar-refractivity contribution in [3.63, 3.8) is 0 Å². The molecule has 0 unspecified atom stereocenters. The van der Waals surface area contributed by atoms with Crippen molar-refractivity contribution in [2.45, 2.75) is 19.0 Å². The number of nitrogens with zero attached hydrogens (tertiary/aromatic N) is 1. The van der Waals surface area contributed by atoms with E-state index in [1.165, 1.54) is 0 Å². The Morgan fingerprint density at radius 3 is 2.38 bits per heavy atom. The third-order valence-corrected chi connectivity index (χ3v) is 2.81. The summed E-state index contributed by atoms with van der Waals surface area (Å²) in [6.07, 6.45) is 2.24. The van der Waals surface area contributed by atoms with Crippen molar-refractivity contribution >= 4 is 30.7 Å². The number of amides is 1. The summed E-state index contributed by atoms with van der Waals surface area (Å²) in [4.78, 5) is 16.0. The van der Waals surface area contributed by atoms with Crippen LogP contribution in [0.25, 0.3) is 0 Å². The molecular formula is C15H19Cl2N3O. The first kappa shape index (κ1) is 19.4. The third-order valence-electron chi connectivity index (χ3n) is 2.81. The molecule has 0 bridgehead atoms. The van der Waals surface area contributed by atoms with Gasteiger partial charge in [0.25, 0.3) is 0 Å². The largest absolute Gasteiger partial charge is 0.349 e. The molecule has 0 saturated carbocycles. The van der Waals surface area contributed by atoms with E-state index in [-0.39, 0.29) is 30.7 Å². The Kier molecular flexibility index (Phi) is 9.37. The van der Waals surface area contributed by atoms with Crippen molar-refractivity contribution in [3.8, 4) is 0 Å². The van der Waals surface area contributed by atoms with Crippen LogP contribution < -0.4 is 11.1 Å². The van der Waals surface area contributed by atoms with Gasteiger partial charge in [-0.2, -0.15) is 0 Å². The van der Waals surface area contributed by atoms with Gasteiger partial charge >= 0.3 is 0 Å². The van der Waals surface area contributed by atoms with Gasteiger partial charge in [0.2, 0.25) is 5.91 Å². The zero-order valence-electron chi connectivity index (χ0n) is 11.4. The van der Waals surface area contributed by atoms with E-state index in [1.54, 1.807) is 6.20 Å². The Bertz CT molecular complexity index is 523. The van der Waals surface area contributed by atoms with E-state index in [0.29, 0.717) is 13.0 Å². The standard InChI is InChI=1S/C15H17N3O.2ClH/c16-14(10-12-6-2-1-3-7-12)15(19)18-11-13-8-4-5-9-17-13;;/h1-9,14H,10-11,16H2,(H,18,19);2*1H/t14-;;/m0../s1. The van der Waals surface area contributed by atoms with Gasteiger partial charge in [-0.3, -0.25) is 9.78 Å². The maximum Gasteiger partial charge on any atom is 0.237 e. The van der Waals surface area contributed by atoms with E-state index in [4.69, 9.17) is 5.73 Å². The predicted molar refractivity (Wildman–Crippen MR) is 88.7 cm³/mol. The van der Waals surface area contributed by atoms with E-state index in [0.717, 1.165) is 11.3 Å². The lowest BCUT2D eigenvalue weighted by molar-refractivity contribution is -0.122. The van der Waals surface area contributed by atoms with Gasteiger partial charge in [-0.1, -0.05) is 36.4 Å². The summed E-state index contributed by atoms with van der Waals surface area (Å²) in [5, 5.41) is 2.79. The fraction of sp³-hybridized carbons (Fsp3) is 0.200. The molecule has 1 atom stereocenters. The van der Waals surface area contributed by atoms with Crippen molar-refractivity contribution in [2.75, 3.05) is 0 Å². The second-order valence-electron chi connectivity index (χ2n) is 4.34. The summed E-state index contributed by atoms with van der Waals surface area (Å²) in [6.45, 7) is 0.405. The normalized spacial score (nSPS) is 10.7. The molecule has 4 nitrogen and oxygen atoms in total. The van der Waals surface area contributed by atoms with Gasteiger partial charge in [-0.15, -0.1) is 24.8 Å². The molecular weight excluding hydrogens is 309 g/mol. The lowest BCUT2D eigenvalue weighted by Crippen LogP contribution is -2.41. The molecule has 1 amide bonds. The number of halogens is 2. The number of rotatable bonds is 5. The summed E-state index contributed by atoms with van der Waals surface area (Å²) < 4.78 is 0. The van der Waals surface area contributed by atoms with Gasteiger partial charge in [0.05, 0.1) is 18.3 Å². The van der Waals surface area contributed by atoms with Crippen LogP contribution in [0.2, 0.25) is 0 Å². The second-order valence-corrected chi connectivity index (χ2v) is 4.34. The molecule has 0 aliphatic heterocycles. The molecule has 114 valence electrons. The van der Waals surface area contributed by atoms with Crippen LogP contribution in [0.15, 0.2) is 54.7 Å². The molecule has 3 N–H and O–H groups in total. The molecule has 0 radical (unpaired) electrons. The predicted octanol–water partition coefficient (Wildman–Crippen LogP) is 2.11. The van der Waals surface area contributed by atoms with Crippen LogP contribution in [0.5, 0.6) is 0 Å². The van der Waals surface area contributed by atoms with Gasteiger partial charge in [-0.25, -0.2) is 0 Å². The molecule has 0 aliphatic rings. The molecule has 1 aromatic heterocycles. The minimum atomic E-state index is -0.536. The Hall–Kier alpha value is -1.62. The minimum Gasteiger partial charge on any atom is -0.349 e. The number of carbonyl (C=O) groups excluding carboxylic acids is 1. The highest BCUT2D eigenvalue weighted by Crippen LogP contribution is 2.02. The molecule has 1 aromatic carbocycles. The Morgan fingerprint density at radius 1 is 1.10 bits per heavy atom. The zero-order chi connectivity index (χ0) is 13.5. The van der Waals surface area contributed by atoms with Crippen LogP contribution >= 0.6 is 24.8 Å². The van der Waals surface area contributed by atoms with E-state index in [2.05, 4.69) is 10.3 Å². The summed E-state index contributed by atoms with van der Waals surface area (Å²) in [6, 6.07) is 14.8. The summed E-state index contributed by atoms with van der Waals surface area (Å²) in [7, 11) is 0. The zero-order valence-corrected chi connectivity index (χ0v) is 13.1. The number of nitrogens with two attached hydrogens (primary N) is 1. The van der Waals surface area contributed by atoms with Crippen LogP contribution in [0.4, 0.5) is 0 Å². The highest BCUT2D eigenvalue weighted by molar-refractivity contribution is 5.85. The fourth-order valence-corrected chi connectivity index (χ4v) is 1.77. The molecule has 0 fully saturated rings. The van der Waals surface area contributed by atoms with E-state index in [1.807, 2.05) is 48.5 Å². The Labute approximate surface area is 137 Å². The number of nitrogens with one attached hydrogen (secondary N) is 1.